The van der Waals surface area contributed by atoms with Gasteiger partial charge in [0.1, 0.15) is 5.69 Å². The van der Waals surface area contributed by atoms with E-state index in [0.29, 0.717) is 18.8 Å². The lowest BCUT2D eigenvalue weighted by Crippen LogP contribution is -2.39. The van der Waals surface area contributed by atoms with Gasteiger partial charge in [0, 0.05) is 31.3 Å². The van der Waals surface area contributed by atoms with Gasteiger partial charge >= 0.3 is 0 Å². The molecule has 8 heteroatoms. The molecule has 7 nitrogen and oxygen atoms in total. The maximum atomic E-state index is 11.6. The molecule has 1 heterocycles. The highest BCUT2D eigenvalue weighted by atomic mass is 32.2. The Balaban J connectivity index is 2.40. The van der Waals surface area contributed by atoms with Gasteiger partial charge in [0.15, 0.2) is 9.84 Å². The van der Waals surface area contributed by atoms with Crippen molar-refractivity contribution in [2.45, 2.75) is 30.8 Å². The monoisotopic (exact) mass is 328 g/mol. The van der Waals surface area contributed by atoms with Crippen LogP contribution in [0, 0.1) is 16.0 Å². The van der Waals surface area contributed by atoms with Crippen LogP contribution in [-0.2, 0) is 9.84 Å². The number of anilines is 1. The molecule has 1 aromatic rings. The fourth-order valence-electron chi connectivity index (χ4n) is 2.77. The molecule has 2 rings (SSSR count). The summed E-state index contributed by atoms with van der Waals surface area (Å²) in [4.78, 5) is 12.5. The number of hydrogen-bond acceptors (Lipinski definition) is 6. The van der Waals surface area contributed by atoms with Gasteiger partial charge < -0.3 is 10.0 Å². The molecule has 0 amide bonds. The third-order valence-corrected chi connectivity index (χ3v) is 5.16. The first kappa shape index (κ1) is 16.7. The largest absolute Gasteiger partial charge is 0.393 e. The van der Waals surface area contributed by atoms with Crippen LogP contribution in [-0.4, -0.2) is 43.9 Å². The minimum Gasteiger partial charge on any atom is -0.393 e. The molecule has 2 unspecified atom stereocenters. The molecule has 1 saturated heterocycles. The van der Waals surface area contributed by atoms with Crippen molar-refractivity contribution in [2.75, 3.05) is 24.2 Å². The number of nitro benzene ring substituents is 1. The molecule has 22 heavy (non-hydrogen) atoms. The second kappa shape index (κ2) is 6.21. The van der Waals surface area contributed by atoms with Gasteiger partial charge in [0.2, 0.25) is 0 Å². The molecule has 1 aromatic carbocycles. The first-order valence-corrected chi connectivity index (χ1v) is 9.01. The average Bonchev–Trinajstić information content (AvgIpc) is 2.45. The molecule has 1 fully saturated rings. The van der Waals surface area contributed by atoms with E-state index in [0.717, 1.165) is 25.2 Å². The second-order valence-electron chi connectivity index (χ2n) is 5.77. The summed E-state index contributed by atoms with van der Waals surface area (Å²) >= 11 is 0. The summed E-state index contributed by atoms with van der Waals surface area (Å²) in [6.07, 6.45) is 2.26. The van der Waals surface area contributed by atoms with E-state index in [1.54, 1.807) is 6.92 Å². The highest BCUT2D eigenvalue weighted by molar-refractivity contribution is 7.90. The van der Waals surface area contributed by atoms with Crippen molar-refractivity contribution in [3.05, 3.63) is 28.3 Å². The smallest absolute Gasteiger partial charge is 0.293 e. The first-order chi connectivity index (χ1) is 10.2. The van der Waals surface area contributed by atoms with E-state index in [2.05, 4.69) is 0 Å². The van der Waals surface area contributed by atoms with Gasteiger partial charge in [-0.2, -0.15) is 0 Å². The summed E-state index contributed by atoms with van der Waals surface area (Å²) in [5.41, 5.74) is 0.192. The molecule has 0 bridgehead atoms. The molecule has 0 aromatic heterocycles. The number of benzene rings is 1. The van der Waals surface area contributed by atoms with Crippen molar-refractivity contribution >= 4 is 21.2 Å². The standard InChI is InChI=1S/C14H20N2O5S/c1-10(17)11-4-3-7-15(9-11)13-6-5-12(22(2,20)21)8-14(13)16(18)19/h5-6,8,10-11,17H,3-4,7,9H2,1-2H3. The number of rotatable bonds is 4. The molecule has 1 aliphatic heterocycles. The summed E-state index contributed by atoms with van der Waals surface area (Å²) in [7, 11) is -3.49. The third-order valence-electron chi connectivity index (χ3n) is 4.05. The Morgan fingerprint density at radius 2 is 2.14 bits per heavy atom. The van der Waals surface area contributed by atoms with E-state index in [1.165, 1.54) is 12.1 Å². The molecule has 0 spiro atoms. The molecular formula is C14H20N2O5S. The topological polar surface area (TPSA) is 101 Å². The predicted molar refractivity (Wildman–Crippen MR) is 82.8 cm³/mol. The quantitative estimate of drug-likeness (QED) is 0.665. The van der Waals surface area contributed by atoms with Crippen molar-refractivity contribution in [3.63, 3.8) is 0 Å². The lowest BCUT2D eigenvalue weighted by molar-refractivity contribution is -0.384. The Kier molecular flexibility index (Phi) is 4.72. The second-order valence-corrected chi connectivity index (χ2v) is 7.78. The molecule has 1 N–H and O–H groups in total. The molecule has 0 saturated carbocycles. The summed E-state index contributed by atoms with van der Waals surface area (Å²) < 4.78 is 23.1. The first-order valence-electron chi connectivity index (χ1n) is 7.11. The van der Waals surface area contributed by atoms with Crippen LogP contribution in [0.4, 0.5) is 11.4 Å². The van der Waals surface area contributed by atoms with Crippen LogP contribution in [0.5, 0.6) is 0 Å². The Morgan fingerprint density at radius 3 is 2.68 bits per heavy atom. The summed E-state index contributed by atoms with van der Waals surface area (Å²) in [6.45, 7) is 2.90. The third kappa shape index (κ3) is 3.56. The normalized spacial score (nSPS) is 20.7. The van der Waals surface area contributed by atoms with Gasteiger partial charge in [0.25, 0.3) is 5.69 Å². The number of nitro groups is 1. The van der Waals surface area contributed by atoms with Crippen molar-refractivity contribution in [2.24, 2.45) is 5.92 Å². The SMILES string of the molecule is CC(O)C1CCCN(c2ccc(S(C)(=O)=O)cc2[N+](=O)[O-])C1. The van der Waals surface area contributed by atoms with Gasteiger partial charge in [-0.05, 0) is 31.9 Å². The zero-order valence-electron chi connectivity index (χ0n) is 12.6. The molecule has 0 aliphatic carbocycles. The number of piperidine rings is 1. The average molecular weight is 328 g/mol. The fourth-order valence-corrected chi connectivity index (χ4v) is 3.41. The summed E-state index contributed by atoms with van der Waals surface area (Å²) in [6, 6.07) is 3.99. The van der Waals surface area contributed by atoms with E-state index < -0.39 is 20.9 Å². The van der Waals surface area contributed by atoms with Crippen LogP contribution in [0.15, 0.2) is 23.1 Å². The van der Waals surface area contributed by atoms with Crippen molar-refractivity contribution in [1.29, 1.82) is 0 Å². The number of aliphatic hydroxyl groups excluding tert-OH is 1. The minimum atomic E-state index is -3.49. The van der Waals surface area contributed by atoms with E-state index in [1.807, 2.05) is 4.90 Å². The summed E-state index contributed by atoms with van der Waals surface area (Å²) in [5, 5.41) is 21.0. The van der Waals surface area contributed by atoms with E-state index in [4.69, 9.17) is 0 Å². The molecule has 122 valence electrons. The number of nitrogens with zero attached hydrogens (tertiary/aromatic N) is 2. The van der Waals surface area contributed by atoms with Crippen LogP contribution in [0.1, 0.15) is 19.8 Å². The highest BCUT2D eigenvalue weighted by Gasteiger charge is 2.28. The molecule has 1 aliphatic rings. The van der Waals surface area contributed by atoms with Crippen LogP contribution >= 0.6 is 0 Å². The zero-order valence-corrected chi connectivity index (χ0v) is 13.4. The Morgan fingerprint density at radius 1 is 1.45 bits per heavy atom. The lowest BCUT2D eigenvalue weighted by Gasteiger charge is -2.35. The Bertz CT molecular complexity index is 672. The molecule has 2 atom stereocenters. The highest BCUT2D eigenvalue weighted by Crippen LogP contribution is 2.34. The van der Waals surface area contributed by atoms with E-state index in [-0.39, 0.29) is 16.5 Å². The van der Waals surface area contributed by atoms with Crippen LogP contribution in [0.3, 0.4) is 0 Å². The summed E-state index contributed by atoms with van der Waals surface area (Å²) in [5.74, 6) is 0.0583. The van der Waals surface area contributed by atoms with Crippen LogP contribution in [0.2, 0.25) is 0 Å². The predicted octanol–water partition coefficient (Wildman–Crippen LogP) is 1.60. The van der Waals surface area contributed by atoms with Gasteiger partial charge in [-0.3, -0.25) is 10.1 Å². The van der Waals surface area contributed by atoms with Gasteiger partial charge in [-0.15, -0.1) is 0 Å². The Labute approximate surface area is 129 Å². The van der Waals surface area contributed by atoms with Crippen molar-refractivity contribution in [1.82, 2.24) is 0 Å². The van der Waals surface area contributed by atoms with Gasteiger partial charge in [-0.1, -0.05) is 0 Å². The van der Waals surface area contributed by atoms with Gasteiger partial charge in [0.05, 0.1) is 15.9 Å². The maximum Gasteiger partial charge on any atom is 0.293 e. The number of sulfone groups is 1. The number of hydrogen-bond donors (Lipinski definition) is 1. The fraction of sp³-hybridized carbons (Fsp3) is 0.571. The molecule has 0 radical (unpaired) electrons. The van der Waals surface area contributed by atoms with Crippen molar-refractivity contribution < 1.29 is 18.4 Å². The van der Waals surface area contributed by atoms with Gasteiger partial charge in [-0.25, -0.2) is 8.42 Å². The van der Waals surface area contributed by atoms with Crippen LogP contribution in [0.25, 0.3) is 0 Å². The molecular weight excluding hydrogens is 308 g/mol. The van der Waals surface area contributed by atoms with Crippen LogP contribution < -0.4 is 4.90 Å². The lowest BCUT2D eigenvalue weighted by atomic mass is 9.93. The van der Waals surface area contributed by atoms with E-state index in [9.17, 15) is 23.6 Å². The van der Waals surface area contributed by atoms with E-state index >= 15 is 0 Å². The Hall–Kier alpha value is -1.67. The van der Waals surface area contributed by atoms with Crippen molar-refractivity contribution in [3.8, 4) is 0 Å². The maximum absolute atomic E-state index is 11.6. The minimum absolute atomic E-state index is 0.0583. The number of aliphatic hydroxyl groups is 1. The zero-order chi connectivity index (χ0) is 16.5.